The van der Waals surface area contributed by atoms with Gasteiger partial charge in [-0.1, -0.05) is 31.0 Å². The van der Waals surface area contributed by atoms with Gasteiger partial charge in [-0.25, -0.2) is 14.8 Å². The Hall–Kier alpha value is -1.34. The van der Waals surface area contributed by atoms with Crippen molar-refractivity contribution in [2.75, 3.05) is 24.3 Å². The van der Waals surface area contributed by atoms with E-state index in [9.17, 15) is 4.79 Å². The molecule has 1 aromatic rings. The van der Waals surface area contributed by atoms with Crippen molar-refractivity contribution in [3.8, 4) is 0 Å². The van der Waals surface area contributed by atoms with Gasteiger partial charge in [0.05, 0.1) is 6.61 Å². The van der Waals surface area contributed by atoms with Crippen LogP contribution in [0, 0.1) is 0 Å². The number of aromatic nitrogens is 2. The number of nitrogens with zero attached hydrogens (tertiary/aromatic N) is 3. The molecule has 1 aromatic heterocycles. The molecule has 0 radical (unpaired) electrons. The summed E-state index contributed by atoms with van der Waals surface area (Å²) in [6.07, 6.45) is 9.48. The molecule has 2 N–H and O–H groups in total. The zero-order valence-corrected chi connectivity index (χ0v) is 15.3. The van der Waals surface area contributed by atoms with Crippen LogP contribution in [-0.2, 0) is 16.0 Å². The van der Waals surface area contributed by atoms with E-state index in [1.807, 2.05) is 19.4 Å². The molecule has 2 heterocycles. The molecule has 0 bridgehead atoms. The number of hydrogen-bond donors (Lipinski definition) is 1. The molecule has 1 aliphatic carbocycles. The van der Waals surface area contributed by atoms with Crippen molar-refractivity contribution in [3.63, 3.8) is 0 Å². The highest BCUT2D eigenvalue weighted by atomic mass is 32.2. The summed E-state index contributed by atoms with van der Waals surface area (Å²) >= 11 is 1.51. The number of hydrogen-bond acceptors (Lipinski definition) is 7. The van der Waals surface area contributed by atoms with Gasteiger partial charge in [0.15, 0.2) is 5.16 Å². The van der Waals surface area contributed by atoms with Crippen LogP contribution in [-0.4, -0.2) is 46.9 Å². The average molecular weight is 350 g/mol. The van der Waals surface area contributed by atoms with Gasteiger partial charge in [-0.15, -0.1) is 0 Å². The summed E-state index contributed by atoms with van der Waals surface area (Å²) in [6.45, 7) is 2.75. The minimum Gasteiger partial charge on any atom is -0.464 e. The SMILES string of the molecule is CCOC(=O)C1(N2c3nc(SC)ncc3C[C@@H]2CN)CCCCC1. The first-order valence-corrected chi connectivity index (χ1v) is 9.95. The monoisotopic (exact) mass is 350 g/mol. The highest BCUT2D eigenvalue weighted by molar-refractivity contribution is 7.98. The van der Waals surface area contributed by atoms with E-state index in [2.05, 4.69) is 9.88 Å². The van der Waals surface area contributed by atoms with Gasteiger partial charge in [0, 0.05) is 24.3 Å². The number of anilines is 1. The van der Waals surface area contributed by atoms with E-state index >= 15 is 0 Å². The summed E-state index contributed by atoms with van der Waals surface area (Å²) < 4.78 is 5.49. The van der Waals surface area contributed by atoms with Crippen LogP contribution in [0.5, 0.6) is 0 Å². The predicted octanol–water partition coefficient (Wildman–Crippen LogP) is 2.15. The Morgan fingerprint density at radius 3 is 2.83 bits per heavy atom. The molecule has 1 saturated carbocycles. The highest BCUT2D eigenvalue weighted by Gasteiger charge is 2.51. The molecule has 0 spiro atoms. The number of carbonyl (C=O) groups excluding carboxylic acids is 1. The molecule has 3 rings (SSSR count). The summed E-state index contributed by atoms with van der Waals surface area (Å²) in [7, 11) is 0. The molecule has 0 unspecified atom stereocenters. The fraction of sp³-hybridized carbons (Fsp3) is 0.706. The van der Waals surface area contributed by atoms with Gasteiger partial charge in [-0.05, 0) is 32.4 Å². The van der Waals surface area contributed by atoms with Crippen LogP contribution >= 0.6 is 11.8 Å². The van der Waals surface area contributed by atoms with Crippen LogP contribution in [0.4, 0.5) is 5.82 Å². The van der Waals surface area contributed by atoms with Gasteiger partial charge in [0.1, 0.15) is 11.4 Å². The molecule has 0 saturated heterocycles. The van der Waals surface area contributed by atoms with Crippen LogP contribution in [0.1, 0.15) is 44.6 Å². The van der Waals surface area contributed by atoms with Crippen LogP contribution < -0.4 is 10.6 Å². The van der Waals surface area contributed by atoms with Crippen LogP contribution in [0.2, 0.25) is 0 Å². The minimum absolute atomic E-state index is 0.0777. The summed E-state index contributed by atoms with van der Waals surface area (Å²) in [4.78, 5) is 24.3. The van der Waals surface area contributed by atoms with Crippen molar-refractivity contribution in [1.29, 1.82) is 0 Å². The lowest BCUT2D eigenvalue weighted by atomic mass is 9.79. The zero-order valence-electron chi connectivity index (χ0n) is 14.5. The third-order valence-corrected chi connectivity index (χ3v) is 5.68. The zero-order chi connectivity index (χ0) is 17.2. The van der Waals surface area contributed by atoms with Gasteiger partial charge in [-0.3, -0.25) is 0 Å². The van der Waals surface area contributed by atoms with E-state index in [0.717, 1.165) is 55.1 Å². The maximum Gasteiger partial charge on any atom is 0.332 e. The molecule has 0 aromatic carbocycles. The summed E-state index contributed by atoms with van der Waals surface area (Å²) in [6, 6.07) is 0.0777. The van der Waals surface area contributed by atoms with E-state index in [0.29, 0.717) is 13.2 Å². The van der Waals surface area contributed by atoms with Crippen molar-refractivity contribution in [2.45, 2.75) is 62.2 Å². The Labute approximate surface area is 147 Å². The van der Waals surface area contributed by atoms with Crippen molar-refractivity contribution >= 4 is 23.5 Å². The molecule has 2 aliphatic rings. The van der Waals surface area contributed by atoms with E-state index in [1.54, 1.807) is 0 Å². The first-order chi connectivity index (χ1) is 11.7. The first-order valence-electron chi connectivity index (χ1n) is 8.72. The Morgan fingerprint density at radius 1 is 1.46 bits per heavy atom. The van der Waals surface area contributed by atoms with Gasteiger partial charge < -0.3 is 15.4 Å². The number of rotatable bonds is 5. The molecule has 1 fully saturated rings. The summed E-state index contributed by atoms with van der Waals surface area (Å²) in [5, 5.41) is 0.728. The molecule has 1 aliphatic heterocycles. The molecule has 132 valence electrons. The normalized spacial score (nSPS) is 22.3. The fourth-order valence-corrected chi connectivity index (χ4v) is 4.37. The van der Waals surface area contributed by atoms with Gasteiger partial charge in [0.2, 0.25) is 0 Å². The number of ether oxygens (including phenoxy) is 1. The van der Waals surface area contributed by atoms with E-state index < -0.39 is 5.54 Å². The maximum absolute atomic E-state index is 13.0. The van der Waals surface area contributed by atoms with Gasteiger partial charge in [0.25, 0.3) is 0 Å². The minimum atomic E-state index is -0.631. The highest BCUT2D eigenvalue weighted by Crippen LogP contribution is 2.43. The number of esters is 1. The van der Waals surface area contributed by atoms with Crippen LogP contribution in [0.25, 0.3) is 0 Å². The standard InChI is InChI=1S/C17H26N4O2S/c1-3-23-15(22)17(7-5-4-6-8-17)21-13(10-18)9-12-11-19-16(24-2)20-14(12)21/h11,13H,3-10,18H2,1-2H3/t13-/m1/s1. The number of nitrogens with two attached hydrogens (primary N) is 1. The lowest BCUT2D eigenvalue weighted by Crippen LogP contribution is -2.61. The second kappa shape index (κ2) is 7.27. The van der Waals surface area contributed by atoms with Crippen LogP contribution in [0.3, 0.4) is 0 Å². The molecule has 1 atom stereocenters. The summed E-state index contributed by atoms with van der Waals surface area (Å²) in [5.74, 6) is 0.750. The molecule has 0 amide bonds. The van der Waals surface area contributed by atoms with Crippen molar-refractivity contribution in [2.24, 2.45) is 5.73 Å². The number of carbonyl (C=O) groups is 1. The second-order valence-electron chi connectivity index (χ2n) is 6.48. The molecule has 6 nitrogen and oxygen atoms in total. The third-order valence-electron chi connectivity index (χ3n) is 5.12. The lowest BCUT2D eigenvalue weighted by Gasteiger charge is -2.46. The van der Waals surface area contributed by atoms with E-state index in [1.165, 1.54) is 11.8 Å². The molecule has 7 heteroatoms. The quantitative estimate of drug-likeness (QED) is 0.495. The number of thioether (sulfide) groups is 1. The topological polar surface area (TPSA) is 81.3 Å². The van der Waals surface area contributed by atoms with Gasteiger partial charge >= 0.3 is 5.97 Å². The Morgan fingerprint density at radius 2 is 2.21 bits per heavy atom. The Kier molecular flexibility index (Phi) is 5.30. The smallest absolute Gasteiger partial charge is 0.332 e. The lowest BCUT2D eigenvalue weighted by molar-refractivity contribution is -0.151. The van der Waals surface area contributed by atoms with Crippen molar-refractivity contribution < 1.29 is 9.53 Å². The fourth-order valence-electron chi connectivity index (χ4n) is 4.04. The Bertz CT molecular complexity index is 604. The van der Waals surface area contributed by atoms with Crippen molar-refractivity contribution in [3.05, 3.63) is 11.8 Å². The predicted molar refractivity (Wildman–Crippen MR) is 95.3 cm³/mol. The van der Waals surface area contributed by atoms with E-state index in [4.69, 9.17) is 15.5 Å². The largest absolute Gasteiger partial charge is 0.464 e. The number of fused-ring (bicyclic) bond motifs is 1. The Balaban J connectivity index is 2.07. The first kappa shape index (κ1) is 17.5. The maximum atomic E-state index is 13.0. The van der Waals surface area contributed by atoms with E-state index in [-0.39, 0.29) is 12.0 Å². The summed E-state index contributed by atoms with van der Waals surface area (Å²) in [5.41, 5.74) is 6.52. The third kappa shape index (κ3) is 2.88. The van der Waals surface area contributed by atoms with Crippen molar-refractivity contribution in [1.82, 2.24) is 9.97 Å². The second-order valence-corrected chi connectivity index (χ2v) is 7.26. The van der Waals surface area contributed by atoms with Gasteiger partial charge in [-0.2, -0.15) is 0 Å². The molecule has 24 heavy (non-hydrogen) atoms. The molecular weight excluding hydrogens is 324 g/mol. The molecular formula is C17H26N4O2S. The average Bonchev–Trinajstić information content (AvgIpc) is 3.00. The van der Waals surface area contributed by atoms with Crippen LogP contribution in [0.15, 0.2) is 11.4 Å².